The van der Waals surface area contributed by atoms with E-state index in [0.717, 1.165) is 5.56 Å². The van der Waals surface area contributed by atoms with Crippen molar-refractivity contribution < 1.29 is 27.5 Å². The van der Waals surface area contributed by atoms with Crippen LogP contribution in [0.25, 0.3) is 0 Å². The van der Waals surface area contributed by atoms with Crippen molar-refractivity contribution in [3.63, 3.8) is 0 Å². The van der Waals surface area contributed by atoms with Crippen LogP contribution >= 0.6 is 0 Å². The van der Waals surface area contributed by atoms with Gasteiger partial charge in [-0.15, -0.1) is 0 Å². The van der Waals surface area contributed by atoms with E-state index in [9.17, 15) is 18.0 Å². The van der Waals surface area contributed by atoms with Crippen molar-refractivity contribution in [1.82, 2.24) is 9.80 Å². The van der Waals surface area contributed by atoms with Gasteiger partial charge in [-0.3, -0.25) is 9.69 Å². The van der Waals surface area contributed by atoms with Crippen LogP contribution in [-0.4, -0.2) is 93.6 Å². The molecule has 0 radical (unpaired) electrons. The minimum Gasteiger partial charge on any atom is -0.444 e. The van der Waals surface area contributed by atoms with E-state index in [4.69, 9.17) is 9.47 Å². The molecule has 0 aromatic heterocycles. The van der Waals surface area contributed by atoms with Gasteiger partial charge in [-0.1, -0.05) is 33.8 Å². The number of hydrogen-bond donors (Lipinski definition) is 0. The van der Waals surface area contributed by atoms with Crippen LogP contribution < -0.4 is 4.90 Å². The van der Waals surface area contributed by atoms with Gasteiger partial charge in [-0.05, 0) is 51.3 Å². The minimum absolute atomic E-state index is 0.00138. The monoisotopic (exact) mass is 551 g/mol. The first-order chi connectivity index (χ1) is 17.4. The van der Waals surface area contributed by atoms with Crippen molar-refractivity contribution in [2.75, 3.05) is 50.5 Å². The first-order valence-corrected chi connectivity index (χ1v) is 15.0. The maximum atomic E-state index is 13.8. The van der Waals surface area contributed by atoms with Crippen molar-refractivity contribution in [3.05, 3.63) is 23.8 Å². The second-order valence-electron chi connectivity index (χ2n) is 12.7. The van der Waals surface area contributed by atoms with Crippen molar-refractivity contribution in [3.8, 4) is 0 Å². The normalized spacial score (nSPS) is 22.1. The topological polar surface area (TPSA) is 96.5 Å². The zero-order valence-electron chi connectivity index (χ0n) is 24.4. The molecular formula is C28H45N3O6S. The average Bonchev–Trinajstić information content (AvgIpc) is 3.04. The van der Waals surface area contributed by atoms with Gasteiger partial charge in [0.25, 0.3) is 0 Å². The Morgan fingerprint density at radius 1 is 1.16 bits per heavy atom. The Balaban J connectivity index is 1.83. The summed E-state index contributed by atoms with van der Waals surface area (Å²) in [6.45, 7) is 17.2. The lowest BCUT2D eigenvalue weighted by atomic mass is 9.87. The lowest BCUT2D eigenvalue weighted by Gasteiger charge is -2.45. The molecule has 214 valence electrons. The van der Waals surface area contributed by atoms with Gasteiger partial charge in [-0.25, -0.2) is 13.2 Å². The Kier molecular flexibility index (Phi) is 8.90. The first-order valence-electron chi connectivity index (χ1n) is 13.4. The number of ether oxygens (including phenoxy) is 2. The molecule has 2 aliphatic heterocycles. The summed E-state index contributed by atoms with van der Waals surface area (Å²) >= 11 is 0. The quantitative estimate of drug-likeness (QED) is 0.510. The molecule has 2 atom stereocenters. The first kappa shape index (κ1) is 30.4. The summed E-state index contributed by atoms with van der Waals surface area (Å²) in [4.78, 5) is 32.3. The van der Waals surface area contributed by atoms with E-state index in [0.29, 0.717) is 31.9 Å². The SMILES string of the molecule is COC[C@H]1CN(C(=O)OC(C)(C)C)[C@H](C)CN1CC(=O)N1CC(C)(C)c2ccc(S(=O)(=O)CC(C)C)cc21. The highest BCUT2D eigenvalue weighted by Crippen LogP contribution is 2.42. The second kappa shape index (κ2) is 11.1. The number of methoxy groups -OCH3 is 1. The van der Waals surface area contributed by atoms with Gasteiger partial charge >= 0.3 is 6.09 Å². The largest absolute Gasteiger partial charge is 0.444 e. The van der Waals surface area contributed by atoms with Gasteiger partial charge in [0.2, 0.25) is 5.91 Å². The molecule has 2 amide bonds. The number of carbonyl (C=O) groups excluding carboxylic acids is 2. The molecular weight excluding hydrogens is 506 g/mol. The van der Waals surface area contributed by atoms with Crippen molar-refractivity contribution in [2.45, 2.75) is 83.4 Å². The standard InChI is InChI=1S/C28H45N3O6S/c1-19(2)17-38(34,35)22-10-11-23-24(12-22)31(18-28(23,7)8)25(32)15-29-13-20(3)30(14-21(29)16-36-9)26(33)37-27(4,5)6/h10-12,19-21H,13-18H2,1-9H3/t20-,21-/m1/s1. The summed E-state index contributed by atoms with van der Waals surface area (Å²) < 4.78 is 36.9. The van der Waals surface area contributed by atoms with Crippen LogP contribution in [0.15, 0.2) is 23.1 Å². The molecule has 0 spiro atoms. The molecule has 1 aromatic rings. The van der Waals surface area contributed by atoms with Crippen LogP contribution in [0, 0.1) is 5.92 Å². The van der Waals surface area contributed by atoms with Gasteiger partial charge in [0.15, 0.2) is 9.84 Å². The molecule has 10 heteroatoms. The number of benzene rings is 1. The van der Waals surface area contributed by atoms with Crippen LogP contribution in [0.3, 0.4) is 0 Å². The lowest BCUT2D eigenvalue weighted by Crippen LogP contribution is -2.62. The van der Waals surface area contributed by atoms with Crippen LogP contribution in [0.5, 0.6) is 0 Å². The van der Waals surface area contributed by atoms with Crippen LogP contribution in [0.1, 0.15) is 61.0 Å². The van der Waals surface area contributed by atoms with E-state index < -0.39 is 15.4 Å². The predicted octanol–water partition coefficient (Wildman–Crippen LogP) is 3.70. The molecule has 1 fully saturated rings. The molecule has 38 heavy (non-hydrogen) atoms. The summed E-state index contributed by atoms with van der Waals surface area (Å²) in [6, 6.07) is 4.85. The number of amides is 2. The number of anilines is 1. The van der Waals surface area contributed by atoms with E-state index in [1.807, 2.05) is 47.6 Å². The van der Waals surface area contributed by atoms with Crippen LogP contribution in [0.2, 0.25) is 0 Å². The van der Waals surface area contributed by atoms with E-state index in [-0.39, 0.29) is 52.6 Å². The van der Waals surface area contributed by atoms with E-state index in [2.05, 4.69) is 18.7 Å². The highest BCUT2D eigenvalue weighted by Gasteiger charge is 2.41. The van der Waals surface area contributed by atoms with Crippen molar-refractivity contribution >= 4 is 27.5 Å². The fourth-order valence-electron chi connectivity index (χ4n) is 5.31. The zero-order valence-corrected chi connectivity index (χ0v) is 25.2. The van der Waals surface area contributed by atoms with Crippen LogP contribution in [-0.2, 0) is 29.5 Å². The maximum absolute atomic E-state index is 13.8. The summed E-state index contributed by atoms with van der Waals surface area (Å²) in [5.41, 5.74) is 0.720. The fraction of sp³-hybridized carbons (Fsp3) is 0.714. The average molecular weight is 552 g/mol. The van der Waals surface area contributed by atoms with Gasteiger partial charge in [0.05, 0.1) is 29.8 Å². The molecule has 3 rings (SSSR count). The summed E-state index contributed by atoms with van der Waals surface area (Å²) in [5.74, 6) is -0.0440. The number of piperazine rings is 1. The molecule has 1 aromatic carbocycles. The molecule has 2 heterocycles. The molecule has 0 bridgehead atoms. The second-order valence-corrected chi connectivity index (χ2v) is 14.8. The van der Waals surface area contributed by atoms with E-state index >= 15 is 0 Å². The third-order valence-corrected chi connectivity index (χ3v) is 9.11. The number of carbonyl (C=O) groups is 2. The van der Waals surface area contributed by atoms with Gasteiger partial charge < -0.3 is 19.3 Å². The molecule has 0 aliphatic carbocycles. The summed E-state index contributed by atoms with van der Waals surface area (Å²) in [7, 11) is -1.85. The fourth-order valence-corrected chi connectivity index (χ4v) is 6.95. The number of fused-ring (bicyclic) bond motifs is 1. The molecule has 0 N–H and O–H groups in total. The molecule has 9 nitrogen and oxygen atoms in total. The summed E-state index contributed by atoms with van der Waals surface area (Å²) in [6.07, 6.45) is -0.373. The van der Waals surface area contributed by atoms with Gasteiger partial charge in [0, 0.05) is 43.9 Å². The Morgan fingerprint density at radius 2 is 1.82 bits per heavy atom. The van der Waals surface area contributed by atoms with E-state index in [1.54, 1.807) is 29.0 Å². The highest BCUT2D eigenvalue weighted by molar-refractivity contribution is 7.91. The van der Waals surface area contributed by atoms with E-state index in [1.165, 1.54) is 0 Å². The Bertz CT molecular complexity index is 1140. The zero-order chi connectivity index (χ0) is 28.6. The number of nitrogens with zero attached hydrogens (tertiary/aromatic N) is 3. The molecule has 1 saturated heterocycles. The van der Waals surface area contributed by atoms with Gasteiger partial charge in [0.1, 0.15) is 5.60 Å². The minimum atomic E-state index is -3.46. The number of rotatable bonds is 7. The molecule has 0 saturated carbocycles. The Morgan fingerprint density at radius 3 is 2.39 bits per heavy atom. The van der Waals surface area contributed by atoms with Gasteiger partial charge in [-0.2, -0.15) is 0 Å². The molecule has 0 unspecified atom stereocenters. The molecule has 2 aliphatic rings. The number of hydrogen-bond acceptors (Lipinski definition) is 7. The third-order valence-electron chi connectivity index (χ3n) is 7.04. The number of sulfone groups is 1. The van der Waals surface area contributed by atoms with Crippen LogP contribution in [0.4, 0.5) is 10.5 Å². The summed E-state index contributed by atoms with van der Waals surface area (Å²) in [5, 5.41) is 0. The van der Waals surface area contributed by atoms with Crippen molar-refractivity contribution in [2.24, 2.45) is 5.92 Å². The predicted molar refractivity (Wildman–Crippen MR) is 148 cm³/mol. The maximum Gasteiger partial charge on any atom is 0.410 e. The smallest absolute Gasteiger partial charge is 0.410 e. The Hall–Kier alpha value is -2.17. The van der Waals surface area contributed by atoms with Crippen molar-refractivity contribution in [1.29, 1.82) is 0 Å². The lowest BCUT2D eigenvalue weighted by molar-refractivity contribution is -0.121. The highest BCUT2D eigenvalue weighted by atomic mass is 32.2. The third kappa shape index (κ3) is 6.87. The Labute approximate surface area is 228 Å².